The van der Waals surface area contributed by atoms with Gasteiger partial charge in [-0.15, -0.1) is 10.2 Å². The fourth-order valence-corrected chi connectivity index (χ4v) is 4.60. The fourth-order valence-electron chi connectivity index (χ4n) is 3.33. The average Bonchev–Trinajstić information content (AvgIpc) is 3.12. The van der Waals surface area contributed by atoms with Crippen LogP contribution in [0, 0.1) is 0 Å². The third-order valence-corrected chi connectivity index (χ3v) is 6.44. The molecule has 4 nitrogen and oxygen atoms in total. The van der Waals surface area contributed by atoms with E-state index < -0.39 is 0 Å². The summed E-state index contributed by atoms with van der Waals surface area (Å²) < 4.78 is 2.40. The second-order valence-corrected chi connectivity index (χ2v) is 8.25. The highest BCUT2D eigenvalue weighted by molar-refractivity contribution is 7.99. The minimum atomic E-state index is 0.385. The maximum atomic E-state index is 6.03. The number of benzene rings is 1. The molecule has 2 heterocycles. The number of rotatable bonds is 6. The Labute approximate surface area is 152 Å². The first kappa shape index (κ1) is 16.3. The zero-order valence-corrected chi connectivity index (χ0v) is 15.6. The summed E-state index contributed by atoms with van der Waals surface area (Å²) in [5, 5.41) is 11.4. The van der Waals surface area contributed by atoms with E-state index in [1.807, 2.05) is 23.9 Å². The summed E-state index contributed by atoms with van der Waals surface area (Å²) in [5.74, 6) is 1.09. The first-order valence-electron chi connectivity index (χ1n) is 8.88. The molecule has 2 aliphatic rings. The standard InChI is InChI=1S/C18H23ClN4S/c1-2-16(13-5-7-14(19)8-6-13)24-18-21-20-17(22-11-3-4-12-22)23(18)15-9-10-15/h5-8,15-16H,2-4,9-12H2,1H3. The van der Waals surface area contributed by atoms with Gasteiger partial charge in [-0.05, 0) is 49.8 Å². The van der Waals surface area contributed by atoms with E-state index in [1.54, 1.807) is 0 Å². The van der Waals surface area contributed by atoms with Gasteiger partial charge in [0, 0.05) is 29.4 Å². The van der Waals surface area contributed by atoms with Gasteiger partial charge in [-0.2, -0.15) is 0 Å². The molecule has 1 saturated heterocycles. The van der Waals surface area contributed by atoms with Gasteiger partial charge in [-0.3, -0.25) is 4.57 Å². The summed E-state index contributed by atoms with van der Waals surface area (Å²) in [6.07, 6.45) is 6.10. The lowest BCUT2D eigenvalue weighted by atomic mass is 10.1. The van der Waals surface area contributed by atoms with Crippen LogP contribution in [0.25, 0.3) is 0 Å². The van der Waals surface area contributed by atoms with Crippen molar-refractivity contribution in [3.8, 4) is 0 Å². The molecule has 1 aromatic carbocycles. The number of hydrogen-bond acceptors (Lipinski definition) is 4. The van der Waals surface area contributed by atoms with Crippen LogP contribution >= 0.6 is 23.4 Å². The lowest BCUT2D eigenvalue weighted by molar-refractivity contribution is 0.649. The Kier molecular flexibility index (Phi) is 4.72. The summed E-state index contributed by atoms with van der Waals surface area (Å²) in [7, 11) is 0. The monoisotopic (exact) mass is 362 g/mol. The van der Waals surface area contributed by atoms with E-state index in [4.69, 9.17) is 11.6 Å². The van der Waals surface area contributed by atoms with Gasteiger partial charge in [-0.1, -0.05) is 42.4 Å². The molecule has 0 radical (unpaired) electrons. The van der Waals surface area contributed by atoms with Crippen molar-refractivity contribution in [1.82, 2.24) is 14.8 Å². The molecular formula is C18H23ClN4S. The summed E-state index contributed by atoms with van der Waals surface area (Å²) in [4.78, 5) is 2.40. The zero-order valence-electron chi connectivity index (χ0n) is 14.0. The molecule has 128 valence electrons. The van der Waals surface area contributed by atoms with Gasteiger partial charge < -0.3 is 4.90 Å². The molecule has 2 aromatic rings. The van der Waals surface area contributed by atoms with E-state index in [2.05, 4.69) is 38.7 Å². The predicted molar refractivity (Wildman–Crippen MR) is 100 cm³/mol. The molecule has 0 spiro atoms. The van der Waals surface area contributed by atoms with E-state index in [9.17, 15) is 0 Å². The van der Waals surface area contributed by atoms with Crippen molar-refractivity contribution in [1.29, 1.82) is 0 Å². The first-order chi connectivity index (χ1) is 11.8. The number of hydrogen-bond donors (Lipinski definition) is 0. The molecule has 0 amide bonds. The molecule has 1 aromatic heterocycles. The number of thioether (sulfide) groups is 1. The molecule has 0 N–H and O–H groups in total. The van der Waals surface area contributed by atoms with Crippen molar-refractivity contribution in [2.75, 3.05) is 18.0 Å². The molecule has 0 bridgehead atoms. The Balaban J connectivity index is 1.60. The smallest absolute Gasteiger partial charge is 0.228 e. The topological polar surface area (TPSA) is 34.0 Å². The molecule has 1 atom stereocenters. The third kappa shape index (κ3) is 3.29. The van der Waals surface area contributed by atoms with Gasteiger partial charge in [0.2, 0.25) is 5.95 Å². The van der Waals surface area contributed by atoms with Gasteiger partial charge in [-0.25, -0.2) is 0 Å². The van der Waals surface area contributed by atoms with Gasteiger partial charge >= 0.3 is 0 Å². The molecule has 1 unspecified atom stereocenters. The van der Waals surface area contributed by atoms with Crippen LogP contribution in [0.3, 0.4) is 0 Å². The summed E-state index contributed by atoms with van der Waals surface area (Å²) >= 11 is 7.87. The number of aromatic nitrogens is 3. The van der Waals surface area contributed by atoms with Crippen molar-refractivity contribution in [3.63, 3.8) is 0 Å². The molecule has 24 heavy (non-hydrogen) atoms. The number of halogens is 1. The van der Waals surface area contributed by atoms with Crippen molar-refractivity contribution in [2.45, 2.75) is 55.5 Å². The number of nitrogens with zero attached hydrogens (tertiary/aromatic N) is 4. The highest BCUT2D eigenvalue weighted by Gasteiger charge is 2.33. The molecule has 1 aliphatic heterocycles. The SMILES string of the molecule is CCC(Sc1nnc(N2CCCC2)n1C1CC1)c1ccc(Cl)cc1. The third-order valence-electron chi connectivity index (χ3n) is 4.81. The lowest BCUT2D eigenvalue weighted by Gasteiger charge is -2.19. The van der Waals surface area contributed by atoms with E-state index >= 15 is 0 Å². The highest BCUT2D eigenvalue weighted by atomic mass is 35.5. The quantitative estimate of drug-likeness (QED) is 0.668. The average molecular weight is 363 g/mol. The molecule has 1 saturated carbocycles. The molecular weight excluding hydrogens is 340 g/mol. The van der Waals surface area contributed by atoms with Crippen LogP contribution in [0.2, 0.25) is 5.02 Å². The zero-order chi connectivity index (χ0) is 16.5. The largest absolute Gasteiger partial charge is 0.341 e. The Hall–Kier alpha value is -1.20. The van der Waals surface area contributed by atoms with Gasteiger partial charge in [0.25, 0.3) is 0 Å². The van der Waals surface area contributed by atoms with E-state index in [-0.39, 0.29) is 0 Å². The van der Waals surface area contributed by atoms with Crippen LogP contribution in [-0.4, -0.2) is 27.9 Å². The lowest BCUT2D eigenvalue weighted by Crippen LogP contribution is -2.22. The van der Waals surface area contributed by atoms with Crippen LogP contribution < -0.4 is 4.90 Å². The van der Waals surface area contributed by atoms with E-state index in [0.29, 0.717) is 11.3 Å². The van der Waals surface area contributed by atoms with Crippen molar-refractivity contribution in [2.24, 2.45) is 0 Å². The van der Waals surface area contributed by atoms with Crippen molar-refractivity contribution in [3.05, 3.63) is 34.9 Å². The van der Waals surface area contributed by atoms with E-state index in [1.165, 1.54) is 31.2 Å². The fraction of sp³-hybridized carbons (Fsp3) is 0.556. The Morgan fingerprint density at radius 2 is 1.88 bits per heavy atom. The maximum absolute atomic E-state index is 6.03. The number of anilines is 1. The molecule has 2 fully saturated rings. The van der Waals surface area contributed by atoms with Crippen LogP contribution in [0.4, 0.5) is 5.95 Å². The van der Waals surface area contributed by atoms with Gasteiger partial charge in [0.05, 0.1) is 0 Å². The Morgan fingerprint density at radius 3 is 2.50 bits per heavy atom. The summed E-state index contributed by atoms with van der Waals surface area (Å²) in [5.41, 5.74) is 1.31. The molecule has 1 aliphatic carbocycles. The van der Waals surface area contributed by atoms with Gasteiger partial charge in [0.1, 0.15) is 0 Å². The maximum Gasteiger partial charge on any atom is 0.228 e. The first-order valence-corrected chi connectivity index (χ1v) is 10.1. The Bertz CT molecular complexity index is 690. The summed E-state index contributed by atoms with van der Waals surface area (Å²) in [6, 6.07) is 8.80. The normalized spacial score (nSPS) is 19.0. The Morgan fingerprint density at radius 1 is 1.17 bits per heavy atom. The van der Waals surface area contributed by atoms with Crippen molar-refractivity contribution >= 4 is 29.3 Å². The van der Waals surface area contributed by atoms with Crippen LogP contribution in [0.15, 0.2) is 29.4 Å². The van der Waals surface area contributed by atoms with Crippen LogP contribution in [0.5, 0.6) is 0 Å². The van der Waals surface area contributed by atoms with Crippen molar-refractivity contribution < 1.29 is 0 Å². The second-order valence-electron chi connectivity index (χ2n) is 6.64. The predicted octanol–water partition coefficient (Wildman–Crippen LogP) is 5.11. The molecule has 6 heteroatoms. The summed E-state index contributed by atoms with van der Waals surface area (Å²) in [6.45, 7) is 4.46. The minimum absolute atomic E-state index is 0.385. The highest BCUT2D eigenvalue weighted by Crippen LogP contribution is 2.45. The molecule has 4 rings (SSSR count). The van der Waals surface area contributed by atoms with E-state index in [0.717, 1.165) is 35.6 Å². The van der Waals surface area contributed by atoms with Gasteiger partial charge in [0.15, 0.2) is 5.16 Å². The van der Waals surface area contributed by atoms with Crippen LogP contribution in [-0.2, 0) is 0 Å². The second kappa shape index (κ2) is 6.96. The van der Waals surface area contributed by atoms with Crippen LogP contribution in [0.1, 0.15) is 55.9 Å². The minimum Gasteiger partial charge on any atom is -0.341 e.